The smallest absolute Gasteiger partial charge is 0.288 e. The maximum absolute atomic E-state index is 11.8. The van der Waals surface area contributed by atoms with Gasteiger partial charge in [-0.1, -0.05) is 18.2 Å². The third-order valence-corrected chi connectivity index (χ3v) is 3.09. The van der Waals surface area contributed by atoms with Crippen molar-refractivity contribution in [2.75, 3.05) is 12.4 Å². The van der Waals surface area contributed by atoms with Gasteiger partial charge in [-0.05, 0) is 48.2 Å². The van der Waals surface area contributed by atoms with Crippen LogP contribution in [0.4, 0.5) is 10.5 Å². The number of benzene rings is 2. The van der Waals surface area contributed by atoms with Gasteiger partial charge in [0.25, 0.3) is 5.24 Å². The van der Waals surface area contributed by atoms with Gasteiger partial charge in [-0.2, -0.15) is 0 Å². The van der Waals surface area contributed by atoms with Gasteiger partial charge in [0.05, 0.1) is 7.11 Å². The maximum Gasteiger partial charge on any atom is 0.288 e. The molecule has 0 bridgehead atoms. The number of amides is 1. The van der Waals surface area contributed by atoms with Crippen molar-refractivity contribution in [3.63, 3.8) is 0 Å². The Labute approximate surface area is 110 Å². The molecule has 0 aliphatic carbocycles. The molecule has 92 valence electrons. The van der Waals surface area contributed by atoms with Crippen molar-refractivity contribution in [3.05, 3.63) is 54.6 Å². The lowest BCUT2D eigenvalue weighted by Gasteiger charge is -2.05. The summed E-state index contributed by atoms with van der Waals surface area (Å²) in [4.78, 5) is 12.6. The summed E-state index contributed by atoms with van der Waals surface area (Å²) in [5.74, 6) is 0.780. The second kappa shape index (κ2) is 6.12. The lowest BCUT2D eigenvalue weighted by molar-refractivity contribution is 0.270. The molecule has 18 heavy (non-hydrogen) atoms. The molecule has 2 aromatic carbocycles. The standard InChI is InChI=1S/C14H13NO2S/c1-17-12-7-9-13(10-8-12)18-14(16)15-11-5-3-2-4-6-11/h2-10H,1H3,(H,15,16). The Morgan fingerprint density at radius 2 is 1.72 bits per heavy atom. The molecule has 0 fully saturated rings. The van der Waals surface area contributed by atoms with E-state index in [-0.39, 0.29) is 5.24 Å². The van der Waals surface area contributed by atoms with E-state index in [4.69, 9.17) is 4.74 Å². The fourth-order valence-electron chi connectivity index (χ4n) is 1.42. The molecule has 2 rings (SSSR count). The highest BCUT2D eigenvalue weighted by atomic mass is 32.2. The van der Waals surface area contributed by atoms with Gasteiger partial charge in [0.15, 0.2) is 0 Å². The van der Waals surface area contributed by atoms with E-state index in [1.807, 2.05) is 54.6 Å². The second-order valence-corrected chi connectivity index (χ2v) is 4.60. The van der Waals surface area contributed by atoms with Gasteiger partial charge in [-0.3, -0.25) is 4.79 Å². The summed E-state index contributed by atoms with van der Waals surface area (Å²) >= 11 is 1.15. The molecular formula is C14H13NO2S. The van der Waals surface area contributed by atoms with Crippen LogP contribution in [0.2, 0.25) is 0 Å². The van der Waals surface area contributed by atoms with E-state index in [9.17, 15) is 4.79 Å². The van der Waals surface area contributed by atoms with Gasteiger partial charge in [-0.25, -0.2) is 0 Å². The van der Waals surface area contributed by atoms with Gasteiger partial charge >= 0.3 is 0 Å². The number of anilines is 1. The van der Waals surface area contributed by atoms with E-state index < -0.39 is 0 Å². The molecular weight excluding hydrogens is 246 g/mol. The highest BCUT2D eigenvalue weighted by Crippen LogP contribution is 2.23. The Morgan fingerprint density at radius 1 is 1.06 bits per heavy atom. The van der Waals surface area contributed by atoms with Crippen LogP contribution in [-0.2, 0) is 0 Å². The van der Waals surface area contributed by atoms with Crippen molar-refractivity contribution in [2.24, 2.45) is 0 Å². The topological polar surface area (TPSA) is 38.3 Å². The summed E-state index contributed by atoms with van der Waals surface area (Å²) in [6, 6.07) is 16.8. The van der Waals surface area contributed by atoms with Gasteiger partial charge in [-0.15, -0.1) is 0 Å². The van der Waals surface area contributed by atoms with Crippen LogP contribution in [0.15, 0.2) is 59.5 Å². The number of hydrogen-bond acceptors (Lipinski definition) is 3. The molecule has 0 spiro atoms. The van der Waals surface area contributed by atoms with Crippen LogP contribution in [0.25, 0.3) is 0 Å². The number of para-hydroxylation sites is 1. The number of carbonyl (C=O) groups excluding carboxylic acids is 1. The van der Waals surface area contributed by atoms with Gasteiger partial charge in [0.1, 0.15) is 5.75 Å². The monoisotopic (exact) mass is 259 g/mol. The van der Waals surface area contributed by atoms with Crippen LogP contribution in [0.3, 0.4) is 0 Å². The number of hydrogen-bond donors (Lipinski definition) is 1. The zero-order valence-electron chi connectivity index (χ0n) is 9.92. The van der Waals surface area contributed by atoms with Crippen LogP contribution in [0.5, 0.6) is 5.75 Å². The molecule has 2 aromatic rings. The van der Waals surface area contributed by atoms with Gasteiger partial charge in [0.2, 0.25) is 0 Å². The van der Waals surface area contributed by atoms with E-state index in [2.05, 4.69) is 5.32 Å². The SMILES string of the molecule is COc1ccc(SC(=O)Nc2ccccc2)cc1. The zero-order valence-corrected chi connectivity index (χ0v) is 10.7. The predicted octanol–water partition coefficient (Wildman–Crippen LogP) is 4.02. The van der Waals surface area contributed by atoms with Gasteiger partial charge < -0.3 is 10.1 Å². The first-order valence-corrected chi connectivity index (χ1v) is 6.27. The summed E-state index contributed by atoms with van der Waals surface area (Å²) in [6.07, 6.45) is 0. The number of ether oxygens (including phenoxy) is 1. The van der Waals surface area contributed by atoms with Crippen LogP contribution in [-0.4, -0.2) is 12.3 Å². The van der Waals surface area contributed by atoms with E-state index in [0.29, 0.717) is 0 Å². The quantitative estimate of drug-likeness (QED) is 0.846. The van der Waals surface area contributed by atoms with E-state index in [1.54, 1.807) is 7.11 Å². The first kappa shape index (κ1) is 12.5. The van der Waals surface area contributed by atoms with Crippen molar-refractivity contribution >= 4 is 22.7 Å². The summed E-state index contributed by atoms with van der Waals surface area (Å²) in [5, 5.41) is 2.71. The van der Waals surface area contributed by atoms with Crippen LogP contribution in [0, 0.1) is 0 Å². The molecule has 0 heterocycles. The molecule has 0 saturated carbocycles. The van der Waals surface area contributed by atoms with Crippen molar-refractivity contribution in [1.29, 1.82) is 0 Å². The fourth-order valence-corrected chi connectivity index (χ4v) is 2.07. The third-order valence-electron chi connectivity index (χ3n) is 2.29. The Morgan fingerprint density at radius 3 is 2.33 bits per heavy atom. The Kier molecular flexibility index (Phi) is 4.25. The third kappa shape index (κ3) is 3.53. The van der Waals surface area contributed by atoms with Crippen molar-refractivity contribution < 1.29 is 9.53 Å². The molecule has 0 unspecified atom stereocenters. The second-order valence-electron chi connectivity index (χ2n) is 3.56. The van der Waals surface area contributed by atoms with Crippen LogP contribution >= 0.6 is 11.8 Å². The predicted molar refractivity (Wildman–Crippen MR) is 74.3 cm³/mol. The first-order chi connectivity index (χ1) is 8.78. The molecule has 3 nitrogen and oxygen atoms in total. The number of rotatable bonds is 3. The maximum atomic E-state index is 11.8. The summed E-state index contributed by atoms with van der Waals surface area (Å²) in [5.41, 5.74) is 0.795. The number of methoxy groups -OCH3 is 1. The highest BCUT2D eigenvalue weighted by molar-refractivity contribution is 8.13. The van der Waals surface area contributed by atoms with E-state index >= 15 is 0 Å². The molecule has 1 N–H and O–H groups in total. The number of carbonyl (C=O) groups is 1. The molecule has 0 saturated heterocycles. The molecule has 0 aliphatic rings. The Bertz CT molecular complexity index is 511. The zero-order chi connectivity index (χ0) is 12.8. The average Bonchev–Trinajstić information content (AvgIpc) is 2.40. The molecule has 0 aliphatic heterocycles. The number of nitrogens with one attached hydrogen (secondary N) is 1. The molecule has 1 amide bonds. The van der Waals surface area contributed by atoms with Gasteiger partial charge in [0, 0.05) is 10.6 Å². The minimum atomic E-state index is -0.105. The summed E-state index contributed by atoms with van der Waals surface area (Å²) in [7, 11) is 1.62. The Hall–Kier alpha value is -1.94. The van der Waals surface area contributed by atoms with E-state index in [0.717, 1.165) is 28.1 Å². The molecule has 0 aromatic heterocycles. The average molecular weight is 259 g/mol. The summed E-state index contributed by atoms with van der Waals surface area (Å²) in [6.45, 7) is 0. The molecule has 0 radical (unpaired) electrons. The van der Waals surface area contributed by atoms with E-state index in [1.165, 1.54) is 0 Å². The molecule has 4 heteroatoms. The Balaban J connectivity index is 1.94. The lowest BCUT2D eigenvalue weighted by atomic mass is 10.3. The van der Waals surface area contributed by atoms with Crippen molar-refractivity contribution in [1.82, 2.24) is 0 Å². The van der Waals surface area contributed by atoms with Crippen LogP contribution < -0.4 is 10.1 Å². The van der Waals surface area contributed by atoms with Crippen molar-refractivity contribution in [2.45, 2.75) is 4.90 Å². The normalized spacial score (nSPS) is 9.83. The minimum absolute atomic E-state index is 0.105. The minimum Gasteiger partial charge on any atom is -0.497 e. The first-order valence-electron chi connectivity index (χ1n) is 5.46. The summed E-state index contributed by atoms with van der Waals surface area (Å²) < 4.78 is 5.06. The highest BCUT2D eigenvalue weighted by Gasteiger charge is 2.04. The number of thioether (sulfide) groups is 1. The van der Waals surface area contributed by atoms with Crippen molar-refractivity contribution in [3.8, 4) is 5.75 Å². The molecule has 0 atom stereocenters. The van der Waals surface area contributed by atoms with Crippen LogP contribution in [0.1, 0.15) is 0 Å². The largest absolute Gasteiger partial charge is 0.497 e. The lowest BCUT2D eigenvalue weighted by Crippen LogP contribution is -2.04. The fraction of sp³-hybridized carbons (Fsp3) is 0.0714.